The highest BCUT2D eigenvalue weighted by Gasteiger charge is 2.32. The summed E-state index contributed by atoms with van der Waals surface area (Å²) in [7, 11) is -3.70. The van der Waals surface area contributed by atoms with E-state index < -0.39 is 16.0 Å². The molecule has 0 aliphatic carbocycles. The van der Waals surface area contributed by atoms with Crippen LogP contribution >= 0.6 is 11.3 Å². The third kappa shape index (κ3) is 2.22. The fourth-order valence-corrected chi connectivity index (χ4v) is 5.46. The smallest absolute Gasteiger partial charge is 0.346 e. The number of para-hydroxylation sites is 1. The summed E-state index contributed by atoms with van der Waals surface area (Å²) < 4.78 is 26.9. The summed E-state index contributed by atoms with van der Waals surface area (Å²) in [5.74, 6) is -1.10. The van der Waals surface area contributed by atoms with E-state index in [-0.39, 0.29) is 9.09 Å². The average Bonchev–Trinajstić information content (AvgIpc) is 3.02. The Morgan fingerprint density at radius 2 is 2.05 bits per heavy atom. The van der Waals surface area contributed by atoms with E-state index in [9.17, 15) is 13.2 Å². The number of thiophene rings is 1. The number of rotatable bonds is 3. The first kappa shape index (κ1) is 14.1. The molecule has 0 amide bonds. The second-order valence-corrected chi connectivity index (χ2v) is 7.98. The van der Waals surface area contributed by atoms with Gasteiger partial charge in [-0.15, -0.1) is 11.3 Å². The first-order chi connectivity index (χ1) is 9.91. The zero-order chi connectivity index (χ0) is 15.2. The van der Waals surface area contributed by atoms with Gasteiger partial charge in [0.1, 0.15) is 9.09 Å². The molecule has 1 aliphatic rings. The van der Waals surface area contributed by atoms with Crippen molar-refractivity contribution in [2.45, 2.75) is 17.6 Å². The van der Waals surface area contributed by atoms with E-state index in [4.69, 9.17) is 5.11 Å². The monoisotopic (exact) mass is 323 g/mol. The molecule has 2 heterocycles. The fraction of sp³-hybridized carbons (Fsp3) is 0.214. The maximum atomic E-state index is 12.7. The SMILES string of the molecule is Cc1cc(S(=O)(=O)N2CCc3ccccc32)sc1C(=O)O. The molecule has 0 fully saturated rings. The number of hydrogen-bond donors (Lipinski definition) is 1. The topological polar surface area (TPSA) is 74.7 Å². The van der Waals surface area contributed by atoms with Crippen LogP contribution in [0.3, 0.4) is 0 Å². The van der Waals surface area contributed by atoms with Crippen molar-refractivity contribution >= 4 is 33.0 Å². The number of sulfonamides is 1. The zero-order valence-corrected chi connectivity index (χ0v) is 12.9. The Hall–Kier alpha value is -1.86. The number of fused-ring (bicyclic) bond motifs is 1. The van der Waals surface area contributed by atoms with Crippen LogP contribution in [0, 0.1) is 6.92 Å². The molecule has 110 valence electrons. The molecule has 5 nitrogen and oxygen atoms in total. The number of carboxylic acid groups (broad SMARTS) is 1. The van der Waals surface area contributed by atoms with Crippen molar-refractivity contribution in [3.63, 3.8) is 0 Å². The lowest BCUT2D eigenvalue weighted by Gasteiger charge is -2.18. The van der Waals surface area contributed by atoms with Gasteiger partial charge in [0.2, 0.25) is 0 Å². The van der Waals surface area contributed by atoms with E-state index in [0.717, 1.165) is 16.9 Å². The Morgan fingerprint density at radius 3 is 2.71 bits per heavy atom. The Balaban J connectivity index is 2.06. The number of aryl methyl sites for hydroxylation is 1. The highest BCUT2D eigenvalue weighted by atomic mass is 32.2. The number of carbonyl (C=O) groups is 1. The highest BCUT2D eigenvalue weighted by Crippen LogP contribution is 2.35. The summed E-state index contributed by atoms with van der Waals surface area (Å²) in [6.07, 6.45) is 0.672. The molecule has 1 N–H and O–H groups in total. The lowest BCUT2D eigenvalue weighted by atomic mass is 10.2. The van der Waals surface area contributed by atoms with Gasteiger partial charge in [0.15, 0.2) is 0 Å². The van der Waals surface area contributed by atoms with Crippen molar-refractivity contribution in [2.24, 2.45) is 0 Å². The predicted octanol–water partition coefficient (Wildman–Crippen LogP) is 2.51. The molecular formula is C14H13NO4S2. The van der Waals surface area contributed by atoms with Gasteiger partial charge < -0.3 is 5.11 Å². The Kier molecular flexibility index (Phi) is 3.26. The van der Waals surface area contributed by atoms with Gasteiger partial charge in [-0.3, -0.25) is 4.31 Å². The van der Waals surface area contributed by atoms with Crippen molar-refractivity contribution in [2.75, 3.05) is 10.8 Å². The van der Waals surface area contributed by atoms with Gasteiger partial charge in [0, 0.05) is 6.54 Å². The van der Waals surface area contributed by atoms with Crippen LogP contribution in [-0.4, -0.2) is 26.0 Å². The third-order valence-electron chi connectivity index (χ3n) is 3.48. The first-order valence-electron chi connectivity index (χ1n) is 6.35. The zero-order valence-electron chi connectivity index (χ0n) is 11.2. The second kappa shape index (κ2) is 4.85. The van der Waals surface area contributed by atoms with Gasteiger partial charge in [-0.25, -0.2) is 13.2 Å². The van der Waals surface area contributed by atoms with Crippen LogP contribution in [0.15, 0.2) is 34.5 Å². The maximum absolute atomic E-state index is 12.7. The molecule has 0 spiro atoms. The third-order valence-corrected chi connectivity index (χ3v) is 6.97. The largest absolute Gasteiger partial charge is 0.477 e. The number of hydrogen-bond acceptors (Lipinski definition) is 4. The first-order valence-corrected chi connectivity index (χ1v) is 8.61. The Labute approximate surface area is 126 Å². The van der Waals surface area contributed by atoms with E-state index in [2.05, 4.69) is 0 Å². The van der Waals surface area contributed by atoms with Crippen LogP contribution in [0.25, 0.3) is 0 Å². The predicted molar refractivity (Wildman–Crippen MR) is 80.7 cm³/mol. The van der Waals surface area contributed by atoms with Crippen molar-refractivity contribution in [3.05, 3.63) is 46.3 Å². The lowest BCUT2D eigenvalue weighted by molar-refractivity contribution is 0.0701. The molecule has 7 heteroatoms. The average molecular weight is 323 g/mol. The van der Waals surface area contributed by atoms with Gasteiger partial charge >= 0.3 is 5.97 Å². The van der Waals surface area contributed by atoms with Crippen molar-refractivity contribution < 1.29 is 18.3 Å². The summed E-state index contributed by atoms with van der Waals surface area (Å²) in [6, 6.07) is 8.80. The molecular weight excluding hydrogens is 310 g/mol. The molecule has 0 saturated heterocycles. The summed E-state index contributed by atoms with van der Waals surface area (Å²) in [6.45, 7) is 2.00. The van der Waals surface area contributed by atoms with Crippen LogP contribution in [-0.2, 0) is 16.4 Å². The van der Waals surface area contributed by atoms with E-state index in [1.54, 1.807) is 19.1 Å². The van der Waals surface area contributed by atoms with Crippen LogP contribution in [0.2, 0.25) is 0 Å². The quantitative estimate of drug-likeness (QED) is 0.942. The van der Waals surface area contributed by atoms with Crippen LogP contribution in [0.4, 0.5) is 5.69 Å². The normalized spacial score (nSPS) is 14.2. The van der Waals surface area contributed by atoms with E-state index >= 15 is 0 Å². The lowest BCUT2D eigenvalue weighted by Crippen LogP contribution is -2.28. The minimum atomic E-state index is -3.70. The second-order valence-electron chi connectivity index (χ2n) is 4.84. The molecule has 2 aromatic rings. The number of nitrogens with zero attached hydrogens (tertiary/aromatic N) is 1. The van der Waals surface area contributed by atoms with Crippen molar-refractivity contribution in [1.82, 2.24) is 0 Å². The minimum Gasteiger partial charge on any atom is -0.477 e. The molecule has 1 aromatic heterocycles. The Morgan fingerprint density at radius 1 is 1.33 bits per heavy atom. The van der Waals surface area contributed by atoms with E-state index in [0.29, 0.717) is 24.2 Å². The van der Waals surface area contributed by atoms with Gasteiger partial charge in [-0.1, -0.05) is 18.2 Å². The summed E-state index contributed by atoms with van der Waals surface area (Å²) >= 11 is 0.807. The summed E-state index contributed by atoms with van der Waals surface area (Å²) in [5, 5.41) is 9.07. The summed E-state index contributed by atoms with van der Waals surface area (Å²) in [5.41, 5.74) is 2.15. The van der Waals surface area contributed by atoms with Gasteiger partial charge in [-0.2, -0.15) is 0 Å². The van der Waals surface area contributed by atoms with Gasteiger partial charge in [0.25, 0.3) is 10.0 Å². The number of carboxylic acids is 1. The van der Waals surface area contributed by atoms with E-state index in [1.165, 1.54) is 10.4 Å². The molecule has 21 heavy (non-hydrogen) atoms. The summed E-state index contributed by atoms with van der Waals surface area (Å²) in [4.78, 5) is 11.2. The minimum absolute atomic E-state index is 0.0704. The molecule has 0 unspecified atom stereocenters. The highest BCUT2D eigenvalue weighted by molar-refractivity contribution is 7.94. The van der Waals surface area contributed by atoms with E-state index in [1.807, 2.05) is 12.1 Å². The number of benzene rings is 1. The molecule has 3 rings (SSSR count). The fourth-order valence-electron chi connectivity index (χ4n) is 2.46. The Bertz CT molecular complexity index is 823. The van der Waals surface area contributed by atoms with Crippen molar-refractivity contribution in [1.29, 1.82) is 0 Å². The van der Waals surface area contributed by atoms with Gasteiger partial charge in [-0.05, 0) is 36.6 Å². The number of aromatic carboxylic acids is 1. The van der Waals surface area contributed by atoms with Crippen LogP contribution in [0.5, 0.6) is 0 Å². The number of anilines is 1. The van der Waals surface area contributed by atoms with Crippen molar-refractivity contribution in [3.8, 4) is 0 Å². The maximum Gasteiger partial charge on any atom is 0.346 e. The molecule has 0 saturated carbocycles. The molecule has 1 aliphatic heterocycles. The molecule has 0 bridgehead atoms. The van der Waals surface area contributed by atoms with Gasteiger partial charge in [0.05, 0.1) is 5.69 Å². The molecule has 0 radical (unpaired) electrons. The molecule has 0 atom stereocenters. The van der Waals surface area contributed by atoms with Crippen LogP contribution in [0.1, 0.15) is 20.8 Å². The standard InChI is InChI=1S/C14H13NO4S2/c1-9-8-12(20-13(9)14(16)17)21(18,19)15-7-6-10-4-2-3-5-11(10)15/h2-5,8H,6-7H2,1H3,(H,16,17). The molecule has 1 aromatic carbocycles. The van der Waals surface area contributed by atoms with Crippen LogP contribution < -0.4 is 4.31 Å².